The van der Waals surface area contributed by atoms with Gasteiger partial charge in [0.2, 0.25) is 11.8 Å². The molecule has 0 unspecified atom stereocenters. The van der Waals surface area contributed by atoms with Gasteiger partial charge in [-0.05, 0) is 25.0 Å². The standard InChI is InChI=1S/C13H14Cl2N2O2/c1-8(18)17(7-12(19)16-9-5-6-9)11-4-2-3-10(14)13(11)15/h2-4,9H,5-7H2,1H3,(H,16,19). The minimum absolute atomic E-state index is 0.0497. The van der Waals surface area contributed by atoms with E-state index in [0.29, 0.717) is 10.7 Å². The van der Waals surface area contributed by atoms with Crippen molar-refractivity contribution in [2.75, 3.05) is 11.4 Å². The number of nitrogens with one attached hydrogen (secondary N) is 1. The van der Waals surface area contributed by atoms with E-state index in [1.807, 2.05) is 0 Å². The Labute approximate surface area is 121 Å². The topological polar surface area (TPSA) is 49.4 Å². The maximum atomic E-state index is 11.8. The third-order valence-corrected chi connectivity index (χ3v) is 3.66. The van der Waals surface area contributed by atoms with E-state index in [1.165, 1.54) is 11.8 Å². The highest BCUT2D eigenvalue weighted by molar-refractivity contribution is 6.44. The normalized spacial score (nSPS) is 14.1. The summed E-state index contributed by atoms with van der Waals surface area (Å²) in [6.45, 7) is 1.34. The van der Waals surface area contributed by atoms with Gasteiger partial charge in [-0.3, -0.25) is 9.59 Å². The van der Waals surface area contributed by atoms with Gasteiger partial charge in [0.1, 0.15) is 6.54 Å². The summed E-state index contributed by atoms with van der Waals surface area (Å²) in [7, 11) is 0. The van der Waals surface area contributed by atoms with Crippen LogP contribution in [-0.4, -0.2) is 24.4 Å². The Hall–Kier alpha value is -1.26. The lowest BCUT2D eigenvalue weighted by Gasteiger charge is -2.22. The van der Waals surface area contributed by atoms with Gasteiger partial charge in [0.05, 0.1) is 15.7 Å². The van der Waals surface area contributed by atoms with Gasteiger partial charge < -0.3 is 10.2 Å². The Morgan fingerprint density at radius 1 is 1.37 bits per heavy atom. The van der Waals surface area contributed by atoms with Crippen molar-refractivity contribution in [3.63, 3.8) is 0 Å². The molecule has 102 valence electrons. The Balaban J connectivity index is 2.16. The van der Waals surface area contributed by atoms with E-state index < -0.39 is 0 Å². The summed E-state index contributed by atoms with van der Waals surface area (Å²) < 4.78 is 0. The molecule has 2 amide bonds. The van der Waals surface area contributed by atoms with Crippen LogP contribution in [0, 0.1) is 0 Å². The lowest BCUT2D eigenvalue weighted by Crippen LogP contribution is -2.40. The maximum Gasteiger partial charge on any atom is 0.240 e. The smallest absolute Gasteiger partial charge is 0.240 e. The van der Waals surface area contributed by atoms with Crippen molar-refractivity contribution in [3.05, 3.63) is 28.2 Å². The van der Waals surface area contributed by atoms with Crippen LogP contribution in [0.15, 0.2) is 18.2 Å². The number of benzene rings is 1. The molecule has 0 atom stereocenters. The van der Waals surface area contributed by atoms with Crippen LogP contribution in [0.2, 0.25) is 10.0 Å². The molecule has 0 radical (unpaired) electrons. The molecular formula is C13H14Cl2N2O2. The van der Waals surface area contributed by atoms with Crippen molar-refractivity contribution < 1.29 is 9.59 Å². The largest absolute Gasteiger partial charge is 0.352 e. The molecule has 1 aliphatic carbocycles. The molecule has 1 aromatic rings. The number of carbonyl (C=O) groups is 2. The lowest BCUT2D eigenvalue weighted by atomic mass is 10.2. The van der Waals surface area contributed by atoms with Gasteiger partial charge in [0.25, 0.3) is 0 Å². The molecule has 0 heterocycles. The van der Waals surface area contributed by atoms with Crippen LogP contribution < -0.4 is 10.2 Å². The minimum Gasteiger partial charge on any atom is -0.352 e. The van der Waals surface area contributed by atoms with Gasteiger partial charge >= 0.3 is 0 Å². The first kappa shape index (κ1) is 14.2. The average Bonchev–Trinajstić information content (AvgIpc) is 3.14. The maximum absolute atomic E-state index is 11.8. The zero-order valence-electron chi connectivity index (χ0n) is 10.5. The SMILES string of the molecule is CC(=O)N(CC(=O)NC1CC1)c1cccc(Cl)c1Cl. The van der Waals surface area contributed by atoms with E-state index in [0.717, 1.165) is 12.8 Å². The summed E-state index contributed by atoms with van der Waals surface area (Å²) in [6, 6.07) is 5.25. The number of rotatable bonds is 4. The number of amides is 2. The highest BCUT2D eigenvalue weighted by atomic mass is 35.5. The first-order valence-corrected chi connectivity index (χ1v) is 6.76. The highest BCUT2D eigenvalue weighted by Gasteiger charge is 2.25. The van der Waals surface area contributed by atoms with Gasteiger partial charge in [-0.2, -0.15) is 0 Å². The highest BCUT2D eigenvalue weighted by Crippen LogP contribution is 2.32. The van der Waals surface area contributed by atoms with Crippen LogP contribution >= 0.6 is 23.2 Å². The number of hydrogen-bond donors (Lipinski definition) is 1. The van der Waals surface area contributed by atoms with Gasteiger partial charge in [-0.15, -0.1) is 0 Å². The second-order valence-electron chi connectivity index (χ2n) is 4.52. The Bertz CT molecular complexity index is 515. The lowest BCUT2D eigenvalue weighted by molar-refractivity contribution is -0.123. The molecule has 0 aromatic heterocycles. The summed E-state index contributed by atoms with van der Waals surface area (Å²) in [5, 5.41) is 3.47. The van der Waals surface area contributed by atoms with Crippen LogP contribution in [0.3, 0.4) is 0 Å². The summed E-state index contributed by atoms with van der Waals surface area (Å²) in [4.78, 5) is 24.8. The van der Waals surface area contributed by atoms with Gasteiger partial charge in [-0.25, -0.2) is 0 Å². The van der Waals surface area contributed by atoms with E-state index in [2.05, 4.69) is 5.32 Å². The number of hydrogen-bond acceptors (Lipinski definition) is 2. The predicted octanol–water partition coefficient (Wildman–Crippen LogP) is 2.62. The van der Waals surface area contributed by atoms with Gasteiger partial charge in [0, 0.05) is 13.0 Å². The number of carbonyl (C=O) groups excluding carboxylic acids is 2. The fourth-order valence-corrected chi connectivity index (χ4v) is 2.11. The summed E-state index contributed by atoms with van der Waals surface area (Å²) >= 11 is 12.0. The van der Waals surface area contributed by atoms with Crippen molar-refractivity contribution >= 4 is 40.7 Å². The van der Waals surface area contributed by atoms with Crippen LogP contribution in [0.5, 0.6) is 0 Å². The van der Waals surface area contributed by atoms with E-state index in [-0.39, 0.29) is 29.4 Å². The molecule has 2 rings (SSSR count). The van der Waals surface area contributed by atoms with Gasteiger partial charge in [0.15, 0.2) is 0 Å². The summed E-state index contributed by atoms with van der Waals surface area (Å²) in [5.74, 6) is -0.441. The summed E-state index contributed by atoms with van der Waals surface area (Å²) in [5.41, 5.74) is 0.451. The Kier molecular flexibility index (Phi) is 4.32. The third-order valence-electron chi connectivity index (χ3n) is 2.85. The van der Waals surface area contributed by atoms with E-state index >= 15 is 0 Å². The molecule has 4 nitrogen and oxygen atoms in total. The van der Waals surface area contributed by atoms with E-state index in [1.54, 1.807) is 18.2 Å². The molecular weight excluding hydrogens is 287 g/mol. The molecule has 6 heteroatoms. The molecule has 1 aliphatic rings. The fraction of sp³-hybridized carbons (Fsp3) is 0.385. The second kappa shape index (κ2) is 5.80. The minimum atomic E-state index is -0.255. The molecule has 0 spiro atoms. The van der Waals surface area contributed by atoms with Gasteiger partial charge in [-0.1, -0.05) is 29.3 Å². The third kappa shape index (κ3) is 3.61. The average molecular weight is 301 g/mol. The van der Waals surface area contributed by atoms with Crippen molar-refractivity contribution in [1.29, 1.82) is 0 Å². The molecule has 1 saturated carbocycles. The fourth-order valence-electron chi connectivity index (χ4n) is 1.71. The van der Waals surface area contributed by atoms with E-state index in [4.69, 9.17) is 23.2 Å². The number of nitrogens with zero attached hydrogens (tertiary/aromatic N) is 1. The van der Waals surface area contributed by atoms with Crippen LogP contribution in [0.25, 0.3) is 0 Å². The van der Waals surface area contributed by atoms with Crippen LogP contribution in [0.4, 0.5) is 5.69 Å². The number of anilines is 1. The first-order chi connectivity index (χ1) is 8.99. The molecule has 0 saturated heterocycles. The second-order valence-corrected chi connectivity index (χ2v) is 5.31. The summed E-state index contributed by atoms with van der Waals surface area (Å²) in [6.07, 6.45) is 2.01. The number of halogens is 2. The Morgan fingerprint density at radius 3 is 2.63 bits per heavy atom. The molecule has 19 heavy (non-hydrogen) atoms. The van der Waals surface area contributed by atoms with Crippen LogP contribution in [-0.2, 0) is 9.59 Å². The zero-order chi connectivity index (χ0) is 14.0. The molecule has 1 fully saturated rings. The van der Waals surface area contributed by atoms with Crippen molar-refractivity contribution in [1.82, 2.24) is 5.32 Å². The van der Waals surface area contributed by atoms with Crippen molar-refractivity contribution in [2.24, 2.45) is 0 Å². The first-order valence-electron chi connectivity index (χ1n) is 6.00. The molecule has 1 aromatic carbocycles. The molecule has 1 N–H and O–H groups in total. The quantitative estimate of drug-likeness (QED) is 0.929. The molecule has 0 aliphatic heterocycles. The zero-order valence-corrected chi connectivity index (χ0v) is 12.0. The van der Waals surface area contributed by atoms with Crippen molar-refractivity contribution in [2.45, 2.75) is 25.8 Å². The monoisotopic (exact) mass is 300 g/mol. The van der Waals surface area contributed by atoms with Crippen LogP contribution in [0.1, 0.15) is 19.8 Å². The van der Waals surface area contributed by atoms with Crippen molar-refractivity contribution in [3.8, 4) is 0 Å². The Morgan fingerprint density at radius 2 is 2.05 bits per heavy atom. The predicted molar refractivity (Wildman–Crippen MR) is 75.7 cm³/mol. The molecule has 0 bridgehead atoms. The van der Waals surface area contributed by atoms with E-state index in [9.17, 15) is 9.59 Å².